The summed E-state index contributed by atoms with van der Waals surface area (Å²) in [6, 6.07) is 3.69. The summed E-state index contributed by atoms with van der Waals surface area (Å²) in [6.45, 7) is 0. The van der Waals surface area contributed by atoms with Crippen molar-refractivity contribution >= 4 is 17.4 Å². The molecule has 0 heterocycles. The summed E-state index contributed by atoms with van der Waals surface area (Å²) in [5.74, 6) is -0.0803. The van der Waals surface area contributed by atoms with Crippen LogP contribution in [0.4, 0.5) is 4.39 Å². The van der Waals surface area contributed by atoms with E-state index >= 15 is 0 Å². The molecule has 0 amide bonds. The molecule has 2 nitrogen and oxygen atoms in total. The number of rotatable bonds is 6. The number of ketones is 1. The molecule has 0 radical (unpaired) electrons. The maximum absolute atomic E-state index is 12.7. The topological polar surface area (TPSA) is 37.3 Å². The normalized spacial score (nSPS) is 10.4. The molecule has 0 spiro atoms. The van der Waals surface area contributed by atoms with Gasteiger partial charge < -0.3 is 5.11 Å². The fourth-order valence-corrected chi connectivity index (χ4v) is 1.59. The van der Waals surface area contributed by atoms with Gasteiger partial charge in [0, 0.05) is 30.4 Å². The number of alkyl halides is 1. The van der Waals surface area contributed by atoms with Gasteiger partial charge in [0.05, 0.1) is 0 Å². The van der Waals surface area contributed by atoms with Crippen LogP contribution >= 0.6 is 11.6 Å². The first kappa shape index (κ1) is 13.0. The highest BCUT2D eigenvalue weighted by Gasteiger charge is 2.08. The minimum Gasteiger partial charge on any atom is -0.508 e. The predicted octanol–water partition coefficient (Wildman–Crippen LogP) is 3.05. The maximum atomic E-state index is 12.7. The molecule has 1 aromatic rings. The Balaban J connectivity index is 2.49. The number of hydrogen-bond acceptors (Lipinski definition) is 2. The van der Waals surface area contributed by atoms with Crippen LogP contribution in [-0.4, -0.2) is 16.8 Å². The number of carbonyl (C=O) groups is 1. The average Bonchev–Trinajstić information content (AvgIpc) is 2.23. The van der Waals surface area contributed by atoms with E-state index in [9.17, 15) is 14.3 Å². The van der Waals surface area contributed by atoms with Crippen LogP contribution in [-0.2, 0) is 11.2 Å². The third-order valence-electron chi connectivity index (χ3n) is 2.27. The quantitative estimate of drug-likeness (QED) is 0.617. The maximum Gasteiger partial charge on any atom is 0.137 e. The molecule has 0 fully saturated rings. The molecule has 1 N–H and O–H groups in total. The van der Waals surface area contributed by atoms with E-state index in [1.807, 2.05) is 0 Å². The first-order valence-electron chi connectivity index (χ1n) is 5.18. The molecule has 1 aromatic carbocycles. The van der Waals surface area contributed by atoms with Gasteiger partial charge in [-0.05, 0) is 18.9 Å². The second-order valence-corrected chi connectivity index (χ2v) is 4.01. The zero-order chi connectivity index (χ0) is 12.0. The second-order valence-electron chi connectivity index (χ2n) is 3.63. The summed E-state index contributed by atoms with van der Waals surface area (Å²) in [7, 11) is 0. The summed E-state index contributed by atoms with van der Waals surface area (Å²) in [5.41, 5.74) is 0.470. The lowest BCUT2D eigenvalue weighted by Gasteiger charge is -2.03. The van der Waals surface area contributed by atoms with Gasteiger partial charge in [-0.15, -0.1) is 11.6 Å². The van der Waals surface area contributed by atoms with E-state index in [2.05, 4.69) is 0 Å². The Kier molecular flexibility index (Phi) is 5.26. The highest BCUT2D eigenvalue weighted by molar-refractivity contribution is 6.17. The summed E-state index contributed by atoms with van der Waals surface area (Å²) >= 11 is 5.49. The van der Waals surface area contributed by atoms with Crippen molar-refractivity contribution in [1.29, 1.82) is 0 Å². The number of benzene rings is 1. The Labute approximate surface area is 99.0 Å². The summed E-state index contributed by atoms with van der Waals surface area (Å²) < 4.78 is 12.7. The molecular formula is C12H14ClFO2. The third kappa shape index (κ3) is 4.19. The zero-order valence-corrected chi connectivity index (χ0v) is 9.63. The molecule has 0 atom stereocenters. The number of phenols is 1. The Bertz CT molecular complexity index is 366. The van der Waals surface area contributed by atoms with E-state index in [1.54, 1.807) is 0 Å². The van der Waals surface area contributed by atoms with Crippen molar-refractivity contribution in [2.24, 2.45) is 0 Å². The fraction of sp³-hybridized carbons (Fsp3) is 0.417. The molecule has 1 rings (SSSR count). The van der Waals surface area contributed by atoms with Gasteiger partial charge in [0.1, 0.15) is 17.3 Å². The van der Waals surface area contributed by atoms with Gasteiger partial charge in [0.2, 0.25) is 0 Å². The van der Waals surface area contributed by atoms with Gasteiger partial charge in [0.25, 0.3) is 0 Å². The van der Waals surface area contributed by atoms with Crippen molar-refractivity contribution in [1.82, 2.24) is 0 Å². The lowest BCUT2D eigenvalue weighted by molar-refractivity contribution is -0.118. The largest absolute Gasteiger partial charge is 0.508 e. The van der Waals surface area contributed by atoms with Crippen LogP contribution < -0.4 is 0 Å². The van der Waals surface area contributed by atoms with Gasteiger partial charge >= 0.3 is 0 Å². The van der Waals surface area contributed by atoms with Crippen LogP contribution in [0.15, 0.2) is 18.2 Å². The number of phenolic OH excluding ortho intramolecular Hbond substituents is 1. The molecule has 16 heavy (non-hydrogen) atoms. The number of unbranched alkanes of at least 4 members (excludes halogenated alkanes) is 1. The van der Waals surface area contributed by atoms with Gasteiger partial charge in [-0.3, -0.25) is 4.79 Å². The fourth-order valence-electron chi connectivity index (χ4n) is 1.40. The minimum absolute atomic E-state index is 0.0343. The van der Waals surface area contributed by atoms with Crippen LogP contribution in [0.2, 0.25) is 0 Å². The van der Waals surface area contributed by atoms with Crippen molar-refractivity contribution < 1.29 is 14.3 Å². The Morgan fingerprint density at radius 3 is 2.75 bits per heavy atom. The van der Waals surface area contributed by atoms with E-state index in [0.717, 1.165) is 18.9 Å². The number of carbonyl (C=O) groups excluding carboxylic acids is 1. The molecule has 0 aliphatic heterocycles. The van der Waals surface area contributed by atoms with E-state index in [1.165, 1.54) is 12.1 Å². The Hall–Kier alpha value is -1.09. The number of halogens is 2. The van der Waals surface area contributed by atoms with E-state index in [-0.39, 0.29) is 18.0 Å². The highest BCUT2D eigenvalue weighted by Crippen LogP contribution is 2.19. The Morgan fingerprint density at radius 1 is 1.38 bits per heavy atom. The van der Waals surface area contributed by atoms with E-state index < -0.39 is 5.82 Å². The number of Topliss-reactive ketones (excluding diaryl/α,β-unsaturated/α-hetero) is 1. The monoisotopic (exact) mass is 244 g/mol. The van der Waals surface area contributed by atoms with Crippen molar-refractivity contribution in [2.75, 3.05) is 5.88 Å². The third-order valence-corrected chi connectivity index (χ3v) is 2.54. The van der Waals surface area contributed by atoms with Gasteiger partial charge in [-0.2, -0.15) is 0 Å². The molecule has 0 aromatic heterocycles. The van der Waals surface area contributed by atoms with Crippen molar-refractivity contribution in [3.63, 3.8) is 0 Å². The molecule has 0 aliphatic carbocycles. The lowest BCUT2D eigenvalue weighted by atomic mass is 10.0. The lowest BCUT2D eigenvalue weighted by Crippen LogP contribution is -2.03. The summed E-state index contributed by atoms with van der Waals surface area (Å²) in [4.78, 5) is 11.5. The van der Waals surface area contributed by atoms with Crippen LogP contribution in [0.25, 0.3) is 0 Å². The van der Waals surface area contributed by atoms with Gasteiger partial charge in [-0.1, -0.05) is 6.07 Å². The molecule has 0 bridgehead atoms. The van der Waals surface area contributed by atoms with Crippen molar-refractivity contribution in [3.8, 4) is 5.75 Å². The van der Waals surface area contributed by atoms with E-state index in [4.69, 9.17) is 11.6 Å². The van der Waals surface area contributed by atoms with Crippen LogP contribution in [0.3, 0.4) is 0 Å². The standard InChI is InChI=1S/C12H14ClFO2/c13-6-2-1-3-11(15)7-9-4-5-10(14)8-12(9)16/h4-5,8,16H,1-3,6-7H2. The first-order chi connectivity index (χ1) is 7.63. The van der Waals surface area contributed by atoms with Crippen molar-refractivity contribution in [3.05, 3.63) is 29.6 Å². The first-order valence-corrected chi connectivity index (χ1v) is 5.72. The van der Waals surface area contributed by atoms with Gasteiger partial charge in [0.15, 0.2) is 0 Å². The summed E-state index contributed by atoms with van der Waals surface area (Å²) in [5, 5.41) is 9.40. The molecular weight excluding hydrogens is 231 g/mol. The highest BCUT2D eigenvalue weighted by atomic mass is 35.5. The summed E-state index contributed by atoms with van der Waals surface area (Å²) in [6.07, 6.45) is 2.16. The molecule has 88 valence electrons. The smallest absolute Gasteiger partial charge is 0.137 e. The predicted molar refractivity (Wildman–Crippen MR) is 61.3 cm³/mol. The molecule has 0 saturated heterocycles. The van der Waals surface area contributed by atoms with Crippen molar-refractivity contribution in [2.45, 2.75) is 25.7 Å². The molecule has 0 aliphatic rings. The average molecular weight is 245 g/mol. The molecule has 4 heteroatoms. The van der Waals surface area contributed by atoms with Crippen LogP contribution in [0.5, 0.6) is 5.75 Å². The van der Waals surface area contributed by atoms with E-state index in [0.29, 0.717) is 17.9 Å². The van der Waals surface area contributed by atoms with Gasteiger partial charge in [-0.25, -0.2) is 4.39 Å². The van der Waals surface area contributed by atoms with Crippen LogP contribution in [0.1, 0.15) is 24.8 Å². The molecule has 0 unspecified atom stereocenters. The minimum atomic E-state index is -0.504. The zero-order valence-electron chi connectivity index (χ0n) is 8.88. The Morgan fingerprint density at radius 2 is 2.12 bits per heavy atom. The van der Waals surface area contributed by atoms with Crippen LogP contribution in [0, 0.1) is 5.82 Å². The second kappa shape index (κ2) is 6.48. The number of hydrogen-bond donors (Lipinski definition) is 1. The SMILES string of the molecule is O=C(CCCCCl)Cc1ccc(F)cc1O. The molecule has 0 saturated carbocycles. The number of aromatic hydroxyl groups is 1.